The standard InChI is InChI=1S/C18H18ClN5O/c19-15-10-21-23-17(15)18(25)24-8-4-7-13(11-24)16-14(9-20-22-16)12-5-2-1-3-6-12/h1-3,5-6,9-10,13H,4,7-8,11H2,(H,20,22)(H,21,23)/t13-/m0/s1. The van der Waals surface area contributed by atoms with Crippen LogP contribution < -0.4 is 0 Å². The highest BCUT2D eigenvalue weighted by molar-refractivity contribution is 6.33. The van der Waals surface area contributed by atoms with Crippen LogP contribution in [0.5, 0.6) is 0 Å². The summed E-state index contributed by atoms with van der Waals surface area (Å²) in [6.07, 6.45) is 5.27. The zero-order chi connectivity index (χ0) is 17.2. The first-order valence-corrected chi connectivity index (χ1v) is 8.68. The van der Waals surface area contributed by atoms with Gasteiger partial charge in [-0.05, 0) is 18.4 Å². The molecule has 128 valence electrons. The van der Waals surface area contributed by atoms with Crippen LogP contribution in [0.4, 0.5) is 0 Å². The largest absolute Gasteiger partial charge is 0.337 e. The second kappa shape index (κ2) is 6.72. The van der Waals surface area contributed by atoms with E-state index in [0.29, 0.717) is 17.3 Å². The fraction of sp³-hybridized carbons (Fsp3) is 0.278. The van der Waals surface area contributed by atoms with E-state index in [-0.39, 0.29) is 11.8 Å². The predicted octanol–water partition coefficient (Wildman–Crippen LogP) is 3.47. The number of H-pyrrole nitrogens is 2. The first kappa shape index (κ1) is 15.9. The van der Waals surface area contributed by atoms with Crippen molar-refractivity contribution < 1.29 is 4.79 Å². The van der Waals surface area contributed by atoms with E-state index in [9.17, 15) is 4.79 Å². The molecule has 0 unspecified atom stereocenters. The molecule has 1 fully saturated rings. The van der Waals surface area contributed by atoms with Gasteiger partial charge in [0.15, 0.2) is 0 Å². The molecule has 1 amide bonds. The average molecular weight is 356 g/mol. The minimum absolute atomic E-state index is 0.104. The molecule has 25 heavy (non-hydrogen) atoms. The van der Waals surface area contributed by atoms with E-state index in [1.54, 1.807) is 0 Å². The molecule has 1 aromatic carbocycles. The van der Waals surface area contributed by atoms with Crippen molar-refractivity contribution in [2.75, 3.05) is 13.1 Å². The molecule has 1 atom stereocenters. The molecule has 7 heteroatoms. The SMILES string of the molecule is O=C(c1[nH]ncc1Cl)N1CCC[C@H](c2[nH]ncc2-c2ccccc2)C1. The number of benzene rings is 1. The summed E-state index contributed by atoms with van der Waals surface area (Å²) in [4.78, 5) is 14.5. The van der Waals surface area contributed by atoms with Crippen molar-refractivity contribution in [1.82, 2.24) is 25.3 Å². The number of carbonyl (C=O) groups is 1. The van der Waals surface area contributed by atoms with Crippen LogP contribution in [0.1, 0.15) is 34.9 Å². The second-order valence-electron chi connectivity index (χ2n) is 6.25. The minimum atomic E-state index is -0.104. The Labute approximate surface area is 150 Å². The Hall–Kier alpha value is -2.60. The molecule has 0 spiro atoms. The monoisotopic (exact) mass is 355 g/mol. The van der Waals surface area contributed by atoms with Crippen LogP contribution in [0.25, 0.3) is 11.1 Å². The number of hydrogen-bond acceptors (Lipinski definition) is 3. The van der Waals surface area contributed by atoms with Crippen LogP contribution in [-0.4, -0.2) is 44.3 Å². The summed E-state index contributed by atoms with van der Waals surface area (Å²) in [6.45, 7) is 1.36. The molecular weight excluding hydrogens is 338 g/mol. The van der Waals surface area contributed by atoms with E-state index >= 15 is 0 Å². The van der Waals surface area contributed by atoms with Gasteiger partial charge in [0.2, 0.25) is 0 Å². The Bertz CT molecular complexity index is 872. The summed E-state index contributed by atoms with van der Waals surface area (Å²) in [7, 11) is 0. The summed E-state index contributed by atoms with van der Waals surface area (Å²) < 4.78 is 0. The smallest absolute Gasteiger partial charge is 0.273 e. The van der Waals surface area contributed by atoms with Crippen molar-refractivity contribution in [3.8, 4) is 11.1 Å². The Kier molecular flexibility index (Phi) is 4.28. The summed E-state index contributed by atoms with van der Waals surface area (Å²) in [5, 5.41) is 14.3. The fourth-order valence-corrected chi connectivity index (χ4v) is 3.60. The van der Waals surface area contributed by atoms with E-state index in [4.69, 9.17) is 11.6 Å². The van der Waals surface area contributed by atoms with Gasteiger partial charge in [-0.15, -0.1) is 0 Å². The summed E-state index contributed by atoms with van der Waals surface area (Å²) >= 11 is 6.04. The van der Waals surface area contributed by atoms with Crippen LogP contribution in [0, 0.1) is 0 Å². The maximum Gasteiger partial charge on any atom is 0.273 e. The fourth-order valence-electron chi connectivity index (χ4n) is 3.43. The van der Waals surface area contributed by atoms with Crippen molar-refractivity contribution in [1.29, 1.82) is 0 Å². The van der Waals surface area contributed by atoms with Gasteiger partial charge in [-0.2, -0.15) is 10.2 Å². The van der Waals surface area contributed by atoms with E-state index in [2.05, 4.69) is 32.5 Å². The molecule has 3 aromatic rings. The molecule has 1 aliphatic rings. The molecule has 2 aromatic heterocycles. The third-order valence-electron chi connectivity index (χ3n) is 4.68. The number of nitrogens with zero attached hydrogens (tertiary/aromatic N) is 3. The highest BCUT2D eigenvalue weighted by atomic mass is 35.5. The quantitative estimate of drug-likeness (QED) is 0.755. The van der Waals surface area contributed by atoms with Gasteiger partial charge in [-0.25, -0.2) is 0 Å². The minimum Gasteiger partial charge on any atom is -0.337 e. The van der Waals surface area contributed by atoms with E-state index in [0.717, 1.165) is 36.2 Å². The number of nitrogens with one attached hydrogen (secondary N) is 2. The molecule has 4 rings (SSSR count). The molecule has 0 bridgehead atoms. The first-order chi connectivity index (χ1) is 12.2. The molecule has 3 heterocycles. The van der Waals surface area contributed by atoms with Gasteiger partial charge in [0, 0.05) is 30.3 Å². The number of rotatable bonds is 3. The van der Waals surface area contributed by atoms with Crippen LogP contribution in [0.3, 0.4) is 0 Å². The number of likely N-dealkylation sites (tertiary alicyclic amines) is 1. The van der Waals surface area contributed by atoms with Gasteiger partial charge >= 0.3 is 0 Å². The molecule has 1 aliphatic heterocycles. The van der Waals surface area contributed by atoms with Crippen molar-refractivity contribution in [2.24, 2.45) is 0 Å². The van der Waals surface area contributed by atoms with Crippen molar-refractivity contribution >= 4 is 17.5 Å². The molecule has 1 saturated heterocycles. The number of carbonyl (C=O) groups excluding carboxylic acids is 1. The molecular formula is C18H18ClN5O. The average Bonchev–Trinajstić information content (AvgIpc) is 3.31. The number of halogens is 1. The zero-order valence-electron chi connectivity index (χ0n) is 13.6. The topological polar surface area (TPSA) is 77.7 Å². The maximum atomic E-state index is 12.7. The second-order valence-corrected chi connectivity index (χ2v) is 6.65. The molecule has 0 radical (unpaired) electrons. The van der Waals surface area contributed by atoms with Gasteiger partial charge in [-0.1, -0.05) is 41.9 Å². The summed E-state index contributed by atoms with van der Waals surface area (Å²) in [5.41, 5.74) is 3.67. The number of amides is 1. The van der Waals surface area contributed by atoms with Crippen molar-refractivity contribution in [2.45, 2.75) is 18.8 Å². The van der Waals surface area contributed by atoms with E-state index in [1.807, 2.05) is 29.3 Å². The Balaban J connectivity index is 1.58. The lowest BCUT2D eigenvalue weighted by Gasteiger charge is -2.32. The summed E-state index contributed by atoms with van der Waals surface area (Å²) in [5.74, 6) is 0.116. The normalized spacial score (nSPS) is 17.6. The van der Waals surface area contributed by atoms with Crippen LogP contribution in [-0.2, 0) is 0 Å². The number of piperidine rings is 1. The third kappa shape index (κ3) is 3.05. The Morgan fingerprint density at radius 3 is 2.72 bits per heavy atom. The zero-order valence-corrected chi connectivity index (χ0v) is 14.3. The number of aromatic nitrogens is 4. The Morgan fingerprint density at radius 1 is 1.16 bits per heavy atom. The highest BCUT2D eigenvalue weighted by Crippen LogP contribution is 2.33. The van der Waals surface area contributed by atoms with Gasteiger partial charge in [0.25, 0.3) is 5.91 Å². The van der Waals surface area contributed by atoms with Crippen molar-refractivity contribution in [3.63, 3.8) is 0 Å². The molecule has 0 aliphatic carbocycles. The molecule has 2 N–H and O–H groups in total. The highest BCUT2D eigenvalue weighted by Gasteiger charge is 2.29. The number of aromatic amines is 2. The number of hydrogen-bond donors (Lipinski definition) is 2. The third-order valence-corrected chi connectivity index (χ3v) is 4.96. The van der Waals surface area contributed by atoms with Gasteiger partial charge in [0.1, 0.15) is 5.69 Å². The molecule has 0 saturated carbocycles. The predicted molar refractivity (Wildman–Crippen MR) is 95.5 cm³/mol. The maximum absolute atomic E-state index is 12.7. The molecule has 6 nitrogen and oxygen atoms in total. The van der Waals surface area contributed by atoms with Crippen LogP contribution in [0.15, 0.2) is 42.7 Å². The van der Waals surface area contributed by atoms with Gasteiger partial charge in [-0.3, -0.25) is 15.0 Å². The van der Waals surface area contributed by atoms with Crippen molar-refractivity contribution in [3.05, 3.63) is 59.1 Å². The van der Waals surface area contributed by atoms with E-state index in [1.165, 1.54) is 6.20 Å². The van der Waals surface area contributed by atoms with Crippen LogP contribution in [0.2, 0.25) is 5.02 Å². The summed E-state index contributed by atoms with van der Waals surface area (Å²) in [6, 6.07) is 10.2. The van der Waals surface area contributed by atoms with Gasteiger partial charge < -0.3 is 4.90 Å². The lowest BCUT2D eigenvalue weighted by Crippen LogP contribution is -2.39. The van der Waals surface area contributed by atoms with Gasteiger partial charge in [0.05, 0.1) is 17.4 Å². The lowest BCUT2D eigenvalue weighted by atomic mass is 9.90. The van der Waals surface area contributed by atoms with E-state index < -0.39 is 0 Å². The first-order valence-electron chi connectivity index (χ1n) is 8.31. The lowest BCUT2D eigenvalue weighted by molar-refractivity contribution is 0.0700. The Morgan fingerprint density at radius 2 is 1.96 bits per heavy atom. The van der Waals surface area contributed by atoms with Crippen LogP contribution >= 0.6 is 11.6 Å².